The molecule has 8 heteroatoms. The summed E-state index contributed by atoms with van der Waals surface area (Å²) in [7, 11) is 0. The van der Waals surface area contributed by atoms with E-state index in [0.717, 1.165) is 12.1 Å². The van der Waals surface area contributed by atoms with Gasteiger partial charge in [0, 0.05) is 5.02 Å². The van der Waals surface area contributed by atoms with Crippen molar-refractivity contribution in [1.29, 1.82) is 0 Å². The van der Waals surface area contributed by atoms with Crippen LogP contribution in [0.5, 0.6) is 0 Å². The van der Waals surface area contributed by atoms with Crippen LogP contribution in [0.25, 0.3) is 0 Å². The molecule has 2 aromatic rings. The van der Waals surface area contributed by atoms with Gasteiger partial charge in [-0.15, -0.1) is 0 Å². The summed E-state index contributed by atoms with van der Waals surface area (Å²) in [4.78, 5) is 11.9. The van der Waals surface area contributed by atoms with Crippen molar-refractivity contribution in [3.05, 3.63) is 61.8 Å². The van der Waals surface area contributed by atoms with Gasteiger partial charge in [0.25, 0.3) is 5.91 Å². The van der Waals surface area contributed by atoms with Gasteiger partial charge in [-0.2, -0.15) is 0 Å². The van der Waals surface area contributed by atoms with Crippen LogP contribution in [0.1, 0.15) is 10.4 Å². The Balaban J connectivity index is 2.15. The van der Waals surface area contributed by atoms with Crippen LogP contribution in [0.15, 0.2) is 30.3 Å². The van der Waals surface area contributed by atoms with Crippen LogP contribution in [0.4, 0.5) is 10.1 Å². The van der Waals surface area contributed by atoms with Crippen LogP contribution in [0.3, 0.4) is 0 Å². The summed E-state index contributed by atoms with van der Waals surface area (Å²) in [5.74, 6) is -1.10. The molecular formula is C13H7Cl4FN2O. The van der Waals surface area contributed by atoms with Crippen LogP contribution >= 0.6 is 46.4 Å². The molecule has 0 radical (unpaired) electrons. The minimum atomic E-state index is -0.568. The summed E-state index contributed by atoms with van der Waals surface area (Å²) in [6, 6.07) is 6.37. The van der Waals surface area contributed by atoms with Gasteiger partial charge in [-0.3, -0.25) is 15.6 Å². The first-order chi connectivity index (χ1) is 9.88. The highest BCUT2D eigenvalue weighted by molar-refractivity contribution is 6.41. The lowest BCUT2D eigenvalue weighted by Gasteiger charge is -2.12. The van der Waals surface area contributed by atoms with Gasteiger partial charge in [0.1, 0.15) is 5.82 Å². The second-order valence-corrected chi connectivity index (χ2v) is 5.61. The van der Waals surface area contributed by atoms with E-state index in [1.54, 1.807) is 0 Å². The molecule has 2 aromatic carbocycles. The van der Waals surface area contributed by atoms with Crippen molar-refractivity contribution in [2.45, 2.75) is 0 Å². The van der Waals surface area contributed by atoms with E-state index in [1.165, 1.54) is 18.2 Å². The number of carbonyl (C=O) groups excluding carboxylic acids is 1. The fourth-order valence-electron chi connectivity index (χ4n) is 1.52. The fourth-order valence-corrected chi connectivity index (χ4v) is 2.69. The molecule has 0 aromatic heterocycles. The average Bonchev–Trinajstić information content (AvgIpc) is 2.36. The SMILES string of the molecule is O=C(NNc1c(Cl)cc(Cl)cc1Cl)c1ccc(F)cc1Cl. The Kier molecular flexibility index (Phi) is 5.17. The van der Waals surface area contributed by atoms with Gasteiger partial charge < -0.3 is 0 Å². The molecule has 0 aliphatic heterocycles. The average molecular weight is 368 g/mol. The lowest BCUT2D eigenvalue weighted by atomic mass is 10.2. The molecule has 0 atom stereocenters. The molecule has 0 unspecified atom stereocenters. The van der Waals surface area contributed by atoms with Crippen LogP contribution < -0.4 is 10.9 Å². The van der Waals surface area contributed by atoms with Gasteiger partial charge in [0.2, 0.25) is 0 Å². The van der Waals surface area contributed by atoms with Crippen LogP contribution in [-0.2, 0) is 0 Å². The number of anilines is 1. The summed E-state index contributed by atoms with van der Waals surface area (Å²) >= 11 is 23.5. The first kappa shape index (κ1) is 16.2. The maximum Gasteiger partial charge on any atom is 0.271 e. The number of carbonyl (C=O) groups is 1. The number of benzene rings is 2. The lowest BCUT2D eigenvalue weighted by Crippen LogP contribution is -2.29. The molecule has 110 valence electrons. The first-order valence-electron chi connectivity index (χ1n) is 5.54. The third-order valence-electron chi connectivity index (χ3n) is 2.48. The number of rotatable bonds is 3. The Labute approximate surface area is 139 Å². The van der Waals surface area contributed by atoms with Crippen molar-refractivity contribution in [1.82, 2.24) is 5.43 Å². The van der Waals surface area contributed by atoms with Crippen LogP contribution in [0, 0.1) is 5.82 Å². The largest absolute Gasteiger partial charge is 0.295 e. The molecule has 2 rings (SSSR count). The number of amides is 1. The zero-order valence-electron chi connectivity index (χ0n) is 10.2. The molecule has 0 bridgehead atoms. The minimum Gasteiger partial charge on any atom is -0.295 e. The molecule has 0 aliphatic rings. The van der Waals surface area contributed by atoms with Gasteiger partial charge in [0.15, 0.2) is 0 Å². The molecular weight excluding hydrogens is 361 g/mol. The Morgan fingerprint density at radius 1 is 0.952 bits per heavy atom. The van der Waals surface area contributed by atoms with E-state index in [1.807, 2.05) is 0 Å². The highest BCUT2D eigenvalue weighted by Gasteiger charge is 2.13. The topological polar surface area (TPSA) is 41.1 Å². The van der Waals surface area contributed by atoms with Crippen molar-refractivity contribution in [2.24, 2.45) is 0 Å². The second kappa shape index (κ2) is 6.71. The maximum atomic E-state index is 12.9. The molecule has 2 N–H and O–H groups in total. The summed E-state index contributed by atoms with van der Waals surface area (Å²) in [5, 5.41) is 0.821. The number of nitrogens with one attached hydrogen (secondary N) is 2. The predicted octanol–water partition coefficient (Wildman–Crippen LogP) is 5.20. The van der Waals surface area contributed by atoms with Gasteiger partial charge >= 0.3 is 0 Å². The zero-order chi connectivity index (χ0) is 15.6. The van der Waals surface area contributed by atoms with E-state index in [2.05, 4.69) is 10.9 Å². The van der Waals surface area contributed by atoms with Crippen molar-refractivity contribution < 1.29 is 9.18 Å². The molecule has 0 saturated heterocycles. The molecule has 3 nitrogen and oxygen atoms in total. The van der Waals surface area contributed by atoms with Gasteiger partial charge in [-0.25, -0.2) is 4.39 Å². The van der Waals surface area contributed by atoms with Crippen molar-refractivity contribution >= 4 is 58.0 Å². The Morgan fingerprint density at radius 3 is 2.14 bits per heavy atom. The Morgan fingerprint density at radius 2 is 1.57 bits per heavy atom. The third kappa shape index (κ3) is 3.92. The molecule has 0 aliphatic carbocycles. The van der Waals surface area contributed by atoms with Gasteiger partial charge in [0.05, 0.1) is 26.3 Å². The normalized spacial score (nSPS) is 10.3. The molecule has 0 fully saturated rings. The third-order valence-corrected chi connectivity index (χ3v) is 3.61. The summed E-state index contributed by atoms with van der Waals surface area (Å²) < 4.78 is 12.9. The maximum absolute atomic E-state index is 12.9. The monoisotopic (exact) mass is 366 g/mol. The summed E-state index contributed by atoms with van der Waals surface area (Å²) in [6.45, 7) is 0. The molecule has 1 amide bonds. The number of hydrazine groups is 1. The van der Waals surface area contributed by atoms with Gasteiger partial charge in [-0.1, -0.05) is 46.4 Å². The lowest BCUT2D eigenvalue weighted by molar-refractivity contribution is 0.0963. The van der Waals surface area contributed by atoms with E-state index in [0.29, 0.717) is 5.02 Å². The second-order valence-electron chi connectivity index (χ2n) is 3.95. The molecule has 0 heterocycles. The highest BCUT2D eigenvalue weighted by atomic mass is 35.5. The van der Waals surface area contributed by atoms with E-state index in [-0.39, 0.29) is 26.3 Å². The van der Waals surface area contributed by atoms with E-state index in [4.69, 9.17) is 46.4 Å². The van der Waals surface area contributed by atoms with Gasteiger partial charge in [-0.05, 0) is 30.3 Å². The Bertz CT molecular complexity index is 686. The number of hydrogen-bond acceptors (Lipinski definition) is 2. The fraction of sp³-hybridized carbons (Fsp3) is 0. The van der Waals surface area contributed by atoms with E-state index >= 15 is 0 Å². The standard InChI is InChI=1S/C13H7Cl4FN2O/c14-6-3-10(16)12(11(17)4-6)19-20-13(21)8-2-1-7(18)5-9(8)15/h1-5,19H,(H,20,21). The molecule has 0 saturated carbocycles. The van der Waals surface area contributed by atoms with Crippen molar-refractivity contribution in [3.8, 4) is 0 Å². The van der Waals surface area contributed by atoms with Crippen molar-refractivity contribution in [3.63, 3.8) is 0 Å². The van der Waals surface area contributed by atoms with Crippen molar-refractivity contribution in [2.75, 3.05) is 5.43 Å². The highest BCUT2D eigenvalue weighted by Crippen LogP contribution is 2.33. The predicted molar refractivity (Wildman–Crippen MR) is 84.0 cm³/mol. The van der Waals surface area contributed by atoms with E-state index < -0.39 is 11.7 Å². The number of halogens is 5. The van der Waals surface area contributed by atoms with Crippen LogP contribution in [0.2, 0.25) is 20.1 Å². The minimum absolute atomic E-state index is 0.0115. The summed E-state index contributed by atoms with van der Waals surface area (Å²) in [6.07, 6.45) is 0. The molecule has 21 heavy (non-hydrogen) atoms. The molecule has 0 spiro atoms. The van der Waals surface area contributed by atoms with E-state index in [9.17, 15) is 9.18 Å². The summed E-state index contributed by atoms with van der Waals surface area (Å²) in [5.41, 5.74) is 5.33. The zero-order valence-corrected chi connectivity index (χ0v) is 13.2. The number of hydrogen-bond donors (Lipinski definition) is 2. The smallest absolute Gasteiger partial charge is 0.271 e. The van der Waals surface area contributed by atoms with Crippen LogP contribution in [-0.4, -0.2) is 5.91 Å². The Hall–Kier alpha value is -1.20. The quantitative estimate of drug-likeness (QED) is 0.732. The first-order valence-corrected chi connectivity index (χ1v) is 7.05.